The van der Waals surface area contributed by atoms with Gasteiger partial charge in [0.05, 0.1) is 40.2 Å². The van der Waals surface area contributed by atoms with Gasteiger partial charge in [-0.25, -0.2) is 0 Å². The molecule has 0 fully saturated rings. The number of aliphatic carboxylic acids is 1. The lowest BCUT2D eigenvalue weighted by Crippen LogP contribution is -2.49. The molecule has 2 aromatic heterocycles. The molecule has 2 heterocycles. The van der Waals surface area contributed by atoms with E-state index in [1.54, 1.807) is 17.4 Å². The molecule has 132 valence electrons. The van der Waals surface area contributed by atoms with Gasteiger partial charge in [-0.15, -0.1) is 0 Å². The minimum Gasteiger partial charge on any atom is -0.481 e. The maximum Gasteiger partial charge on any atom is 0.305 e. The molecular formula is C18H21N2O4S+. The van der Waals surface area contributed by atoms with Gasteiger partial charge in [-0.1, -0.05) is 5.92 Å². The van der Waals surface area contributed by atoms with Crippen LogP contribution in [-0.4, -0.2) is 55.2 Å². The Bertz CT molecular complexity index is 791. The van der Waals surface area contributed by atoms with Gasteiger partial charge >= 0.3 is 5.97 Å². The Morgan fingerprint density at radius 1 is 1.28 bits per heavy atom. The standard InChI is InChI=1S/C18H20N2O4S/c1-20(2,3)11-14(10-17(21)22)19-18(23)16-7-6-15(24-16)5-4-13-8-9-25-12-13/h6-9,12,14H,10-11H2,1-3H3,(H-,19,21,22,23)/p+1/t14-/m1/s1. The van der Waals surface area contributed by atoms with Gasteiger partial charge in [0, 0.05) is 10.9 Å². The number of carbonyl (C=O) groups excluding carboxylic acids is 1. The van der Waals surface area contributed by atoms with Crippen LogP contribution in [0, 0.1) is 11.8 Å². The average Bonchev–Trinajstić information content (AvgIpc) is 3.14. The number of nitrogens with one attached hydrogen (secondary N) is 1. The van der Waals surface area contributed by atoms with Crippen molar-refractivity contribution in [3.63, 3.8) is 0 Å². The molecule has 2 N–H and O–H groups in total. The zero-order valence-electron chi connectivity index (χ0n) is 14.4. The van der Waals surface area contributed by atoms with Gasteiger partial charge in [-0.2, -0.15) is 11.3 Å². The molecule has 0 saturated heterocycles. The SMILES string of the molecule is C[N+](C)(C)C[C@@H](CC(=O)O)NC(=O)c1ccc(C#Cc2ccsc2)o1. The highest BCUT2D eigenvalue weighted by Gasteiger charge is 2.24. The van der Waals surface area contributed by atoms with Crippen molar-refractivity contribution in [3.05, 3.63) is 46.0 Å². The minimum atomic E-state index is -0.958. The van der Waals surface area contributed by atoms with E-state index < -0.39 is 17.9 Å². The number of carboxylic acids is 1. The molecule has 7 heteroatoms. The summed E-state index contributed by atoms with van der Waals surface area (Å²) in [6.45, 7) is 0.490. The lowest BCUT2D eigenvalue weighted by Gasteiger charge is -2.28. The van der Waals surface area contributed by atoms with Gasteiger partial charge in [0.25, 0.3) is 5.91 Å². The molecule has 0 spiro atoms. The predicted octanol–water partition coefficient (Wildman–Crippen LogP) is 2.02. The van der Waals surface area contributed by atoms with E-state index in [-0.39, 0.29) is 12.2 Å². The fraction of sp³-hybridized carbons (Fsp3) is 0.333. The first-order valence-electron chi connectivity index (χ1n) is 7.70. The highest BCUT2D eigenvalue weighted by Crippen LogP contribution is 2.10. The number of rotatable bonds is 6. The number of likely N-dealkylation sites (N-methyl/N-ethyl adjacent to an activating group) is 1. The topological polar surface area (TPSA) is 79.5 Å². The minimum absolute atomic E-state index is 0.117. The first-order chi connectivity index (χ1) is 11.7. The van der Waals surface area contributed by atoms with E-state index >= 15 is 0 Å². The van der Waals surface area contributed by atoms with E-state index in [0.29, 0.717) is 16.8 Å². The van der Waals surface area contributed by atoms with Crippen LogP contribution >= 0.6 is 11.3 Å². The zero-order valence-corrected chi connectivity index (χ0v) is 15.2. The molecule has 6 nitrogen and oxygen atoms in total. The second kappa shape index (κ2) is 8.01. The summed E-state index contributed by atoms with van der Waals surface area (Å²) in [5.74, 6) is 4.91. The van der Waals surface area contributed by atoms with E-state index in [0.717, 1.165) is 5.56 Å². The third kappa shape index (κ3) is 6.45. The van der Waals surface area contributed by atoms with Crippen LogP contribution in [0.2, 0.25) is 0 Å². The predicted molar refractivity (Wildman–Crippen MR) is 95.4 cm³/mol. The first kappa shape index (κ1) is 18.8. The summed E-state index contributed by atoms with van der Waals surface area (Å²) in [6.07, 6.45) is -0.146. The van der Waals surface area contributed by atoms with Gasteiger partial charge in [-0.05, 0) is 29.5 Å². The largest absolute Gasteiger partial charge is 0.481 e. The van der Waals surface area contributed by atoms with E-state index in [2.05, 4.69) is 17.2 Å². The molecular weight excluding hydrogens is 340 g/mol. The molecule has 0 bridgehead atoms. The maximum absolute atomic E-state index is 12.3. The highest BCUT2D eigenvalue weighted by atomic mass is 32.1. The van der Waals surface area contributed by atoms with Gasteiger partial charge in [0.2, 0.25) is 0 Å². The smallest absolute Gasteiger partial charge is 0.305 e. The maximum atomic E-state index is 12.3. The summed E-state index contributed by atoms with van der Waals surface area (Å²) in [5, 5.41) is 15.6. The van der Waals surface area contributed by atoms with Crippen LogP contribution in [0.25, 0.3) is 0 Å². The van der Waals surface area contributed by atoms with Gasteiger partial charge in [0.15, 0.2) is 11.5 Å². The number of amides is 1. The molecule has 0 unspecified atom stereocenters. The van der Waals surface area contributed by atoms with Crippen LogP contribution < -0.4 is 5.32 Å². The van der Waals surface area contributed by atoms with E-state index in [4.69, 9.17) is 9.52 Å². The molecule has 0 aliphatic rings. The normalized spacial score (nSPS) is 12.1. The van der Waals surface area contributed by atoms with Crippen LogP contribution in [0.1, 0.15) is 28.3 Å². The molecule has 25 heavy (non-hydrogen) atoms. The Morgan fingerprint density at radius 3 is 2.64 bits per heavy atom. The summed E-state index contributed by atoms with van der Waals surface area (Å²) in [5.41, 5.74) is 0.886. The summed E-state index contributed by atoms with van der Waals surface area (Å²) < 4.78 is 5.98. The number of hydrogen-bond acceptors (Lipinski definition) is 4. The van der Waals surface area contributed by atoms with E-state index in [9.17, 15) is 9.59 Å². The number of nitrogens with zero attached hydrogens (tertiary/aromatic N) is 1. The molecule has 0 radical (unpaired) electrons. The Labute approximate surface area is 150 Å². The Balaban J connectivity index is 2.04. The number of hydrogen-bond donors (Lipinski definition) is 2. The van der Waals surface area contributed by atoms with Crippen molar-refractivity contribution in [2.24, 2.45) is 0 Å². The fourth-order valence-corrected chi connectivity index (χ4v) is 2.87. The Kier molecular flexibility index (Phi) is 6.02. The molecule has 0 saturated carbocycles. The van der Waals surface area contributed by atoms with Gasteiger partial charge in [-0.3, -0.25) is 9.59 Å². The second-order valence-electron chi connectivity index (χ2n) is 6.67. The van der Waals surface area contributed by atoms with Crippen molar-refractivity contribution in [2.45, 2.75) is 12.5 Å². The fourth-order valence-electron chi connectivity index (χ4n) is 2.29. The van der Waals surface area contributed by atoms with Crippen molar-refractivity contribution in [1.29, 1.82) is 0 Å². The quantitative estimate of drug-likeness (QED) is 0.609. The molecule has 0 aliphatic carbocycles. The summed E-state index contributed by atoms with van der Waals surface area (Å²) in [4.78, 5) is 23.3. The van der Waals surface area contributed by atoms with Gasteiger partial charge in [0.1, 0.15) is 0 Å². The summed E-state index contributed by atoms with van der Waals surface area (Å²) in [6, 6.07) is 4.57. The number of thiophene rings is 1. The third-order valence-corrected chi connectivity index (χ3v) is 3.89. The van der Waals surface area contributed by atoms with Crippen LogP contribution in [0.4, 0.5) is 0 Å². The number of furan rings is 1. The summed E-state index contributed by atoms with van der Waals surface area (Å²) in [7, 11) is 5.81. The summed E-state index contributed by atoms with van der Waals surface area (Å²) >= 11 is 1.55. The Hall–Kier alpha value is -2.56. The Morgan fingerprint density at radius 2 is 2.04 bits per heavy atom. The monoisotopic (exact) mass is 361 g/mol. The molecule has 0 aromatic carbocycles. The molecule has 2 rings (SSSR count). The lowest BCUT2D eigenvalue weighted by atomic mass is 10.2. The van der Waals surface area contributed by atoms with Crippen LogP contribution in [0.3, 0.4) is 0 Å². The second-order valence-corrected chi connectivity index (χ2v) is 7.45. The number of carboxylic acid groups (broad SMARTS) is 1. The van der Waals surface area contributed by atoms with Crippen LogP contribution in [0.15, 0.2) is 33.4 Å². The molecule has 1 atom stereocenters. The lowest BCUT2D eigenvalue weighted by molar-refractivity contribution is -0.871. The van der Waals surface area contributed by atoms with Crippen molar-refractivity contribution in [3.8, 4) is 11.8 Å². The van der Waals surface area contributed by atoms with Crippen LogP contribution in [-0.2, 0) is 4.79 Å². The molecule has 2 aromatic rings. The van der Waals surface area contributed by atoms with Crippen molar-refractivity contribution in [1.82, 2.24) is 5.32 Å². The third-order valence-electron chi connectivity index (χ3n) is 3.21. The molecule has 0 aliphatic heterocycles. The highest BCUT2D eigenvalue weighted by molar-refractivity contribution is 7.08. The zero-order chi connectivity index (χ0) is 18.4. The van der Waals surface area contributed by atoms with Crippen LogP contribution in [0.5, 0.6) is 0 Å². The van der Waals surface area contributed by atoms with Crippen molar-refractivity contribution < 1.29 is 23.6 Å². The van der Waals surface area contributed by atoms with E-state index in [1.807, 2.05) is 38.0 Å². The average molecular weight is 361 g/mol. The van der Waals surface area contributed by atoms with Crippen molar-refractivity contribution in [2.75, 3.05) is 27.7 Å². The number of carbonyl (C=O) groups is 2. The van der Waals surface area contributed by atoms with Crippen molar-refractivity contribution >= 4 is 23.2 Å². The molecule has 1 amide bonds. The van der Waals surface area contributed by atoms with Gasteiger partial charge < -0.3 is 19.3 Å². The number of quaternary nitrogens is 1. The van der Waals surface area contributed by atoms with E-state index in [1.165, 1.54) is 6.07 Å². The first-order valence-corrected chi connectivity index (χ1v) is 8.64.